The van der Waals surface area contributed by atoms with Crippen molar-refractivity contribution in [2.45, 2.75) is 44.6 Å². The van der Waals surface area contributed by atoms with E-state index in [1.165, 1.54) is 0 Å². The van der Waals surface area contributed by atoms with E-state index in [2.05, 4.69) is 15.2 Å². The van der Waals surface area contributed by atoms with Crippen LogP contribution in [0.2, 0.25) is 0 Å². The number of carbonyl (C=O) groups is 2. The minimum absolute atomic E-state index is 0.113. The summed E-state index contributed by atoms with van der Waals surface area (Å²) >= 11 is 0. The topological polar surface area (TPSA) is 143 Å². The van der Waals surface area contributed by atoms with Crippen molar-refractivity contribution in [2.75, 3.05) is 40.5 Å². The van der Waals surface area contributed by atoms with Crippen LogP contribution in [0.5, 0.6) is 0 Å². The van der Waals surface area contributed by atoms with Crippen LogP contribution in [-0.2, 0) is 28.2 Å². The molecule has 0 atom stereocenters. The zero-order chi connectivity index (χ0) is 19.8. The van der Waals surface area contributed by atoms with Crippen LogP contribution in [-0.4, -0.2) is 68.2 Å². The van der Waals surface area contributed by atoms with E-state index < -0.39 is 13.9 Å². The minimum atomic E-state index is -4.74. The van der Waals surface area contributed by atoms with Crippen molar-refractivity contribution in [3.05, 3.63) is 0 Å². The molecule has 0 aromatic carbocycles. The number of ether oxygens (including phenoxy) is 2. The lowest BCUT2D eigenvalue weighted by atomic mass is 10.2. The molecule has 0 aliphatic carbocycles. The van der Waals surface area contributed by atoms with Crippen LogP contribution < -0.4 is 10.6 Å². The lowest BCUT2D eigenvalue weighted by Gasteiger charge is -2.19. The zero-order valence-electron chi connectivity index (χ0n) is 15.4. The molecule has 10 nitrogen and oxygen atoms in total. The molecule has 2 amide bonds. The van der Waals surface area contributed by atoms with E-state index in [1.807, 2.05) is 0 Å². The summed E-state index contributed by atoms with van der Waals surface area (Å²) in [5, 5.41) is 5.10. The number of rotatable bonds is 16. The zero-order valence-corrected chi connectivity index (χ0v) is 16.3. The highest BCUT2D eigenvalue weighted by Crippen LogP contribution is 2.37. The van der Waals surface area contributed by atoms with Crippen LogP contribution in [0.1, 0.15) is 38.5 Å². The Balaban J connectivity index is 4.21. The van der Waals surface area contributed by atoms with Gasteiger partial charge in [0.2, 0.25) is 11.8 Å². The van der Waals surface area contributed by atoms with Crippen molar-refractivity contribution in [3.63, 3.8) is 0 Å². The smallest absolute Gasteiger partial charge is 0.385 e. The third kappa shape index (κ3) is 16.4. The SMILES string of the molecule is COCCCCC(=O)NCC(CNC(=O)CCCCOC)OP(=O)(O)O. The molecule has 11 heteroatoms. The third-order valence-corrected chi connectivity index (χ3v) is 3.92. The molecular weight excluding hydrogens is 367 g/mol. The number of nitrogens with one attached hydrogen (secondary N) is 2. The molecule has 0 aromatic rings. The van der Waals surface area contributed by atoms with Gasteiger partial charge in [0, 0.05) is 53.4 Å². The quantitative estimate of drug-likeness (QED) is 0.215. The molecule has 0 spiro atoms. The van der Waals surface area contributed by atoms with Gasteiger partial charge in [-0.25, -0.2) is 4.57 Å². The molecule has 154 valence electrons. The number of methoxy groups -OCH3 is 2. The second-order valence-electron chi connectivity index (χ2n) is 5.73. The molecule has 0 aliphatic rings. The maximum atomic E-state index is 11.7. The molecule has 0 heterocycles. The van der Waals surface area contributed by atoms with Crippen LogP contribution in [0, 0.1) is 0 Å². The second-order valence-corrected chi connectivity index (χ2v) is 6.92. The standard InChI is InChI=1S/C15H31N2O8P/c1-23-9-5-3-7-14(18)16-11-13(25-26(20,21)22)12-17-15(19)8-4-6-10-24-2/h13H,3-12H2,1-2H3,(H,16,18)(H,17,19)(H2,20,21,22). The predicted octanol–water partition coefficient (Wildman–Crippen LogP) is 0.330. The minimum Gasteiger partial charge on any atom is -0.385 e. The molecule has 0 rings (SSSR count). The van der Waals surface area contributed by atoms with Crippen molar-refractivity contribution in [2.24, 2.45) is 0 Å². The first-order valence-electron chi connectivity index (χ1n) is 8.53. The van der Waals surface area contributed by atoms with Crippen LogP contribution >= 0.6 is 7.82 Å². The molecule has 0 unspecified atom stereocenters. The van der Waals surface area contributed by atoms with Crippen molar-refractivity contribution < 1.29 is 37.9 Å². The van der Waals surface area contributed by atoms with Gasteiger partial charge in [0.05, 0.1) is 0 Å². The van der Waals surface area contributed by atoms with Crippen molar-refractivity contribution in [1.82, 2.24) is 10.6 Å². The van der Waals surface area contributed by atoms with E-state index in [0.717, 1.165) is 12.8 Å². The number of unbranched alkanes of at least 4 members (excludes halogenated alkanes) is 2. The molecule has 0 radical (unpaired) electrons. The summed E-state index contributed by atoms with van der Waals surface area (Å²) in [5.74, 6) is -0.516. The fraction of sp³-hybridized carbons (Fsp3) is 0.867. The lowest BCUT2D eigenvalue weighted by molar-refractivity contribution is -0.121. The van der Waals surface area contributed by atoms with E-state index in [-0.39, 0.29) is 37.7 Å². The Morgan fingerprint density at radius 3 is 1.65 bits per heavy atom. The highest BCUT2D eigenvalue weighted by molar-refractivity contribution is 7.46. The first kappa shape index (κ1) is 25.0. The number of hydrogen-bond acceptors (Lipinski definition) is 6. The van der Waals surface area contributed by atoms with Gasteiger partial charge in [-0.3, -0.25) is 14.1 Å². The van der Waals surface area contributed by atoms with Gasteiger partial charge >= 0.3 is 7.82 Å². The first-order chi connectivity index (χ1) is 12.3. The average molecular weight is 398 g/mol. The third-order valence-electron chi connectivity index (χ3n) is 3.34. The van der Waals surface area contributed by atoms with Crippen LogP contribution in [0.4, 0.5) is 0 Å². The van der Waals surface area contributed by atoms with Gasteiger partial charge in [0.1, 0.15) is 6.10 Å². The van der Waals surface area contributed by atoms with E-state index >= 15 is 0 Å². The van der Waals surface area contributed by atoms with Gasteiger partial charge in [0.15, 0.2) is 0 Å². The molecule has 26 heavy (non-hydrogen) atoms. The monoisotopic (exact) mass is 398 g/mol. The number of hydrogen-bond donors (Lipinski definition) is 4. The van der Waals surface area contributed by atoms with Gasteiger partial charge in [-0.05, 0) is 25.7 Å². The number of phosphoric ester groups is 1. The average Bonchev–Trinajstić information content (AvgIpc) is 2.57. The Hall–Kier alpha value is -1.03. The van der Waals surface area contributed by atoms with Crippen molar-refractivity contribution >= 4 is 19.6 Å². The molecular formula is C15H31N2O8P. The fourth-order valence-corrected chi connectivity index (χ4v) is 2.57. The summed E-state index contributed by atoms with van der Waals surface area (Å²) in [6, 6.07) is 0. The molecule has 0 bridgehead atoms. The van der Waals surface area contributed by atoms with E-state index in [1.54, 1.807) is 14.2 Å². The second kappa shape index (κ2) is 15.1. The van der Waals surface area contributed by atoms with Crippen molar-refractivity contribution in [3.8, 4) is 0 Å². The van der Waals surface area contributed by atoms with Crippen LogP contribution in [0.25, 0.3) is 0 Å². The number of phosphoric acid groups is 1. The lowest BCUT2D eigenvalue weighted by Crippen LogP contribution is -2.41. The van der Waals surface area contributed by atoms with Crippen molar-refractivity contribution in [1.29, 1.82) is 0 Å². The maximum Gasteiger partial charge on any atom is 0.469 e. The predicted molar refractivity (Wildman–Crippen MR) is 94.4 cm³/mol. The Kier molecular flexibility index (Phi) is 14.5. The molecule has 0 fully saturated rings. The van der Waals surface area contributed by atoms with Gasteiger partial charge in [0.25, 0.3) is 0 Å². The Morgan fingerprint density at radius 1 is 0.885 bits per heavy atom. The number of carbonyl (C=O) groups excluding carboxylic acids is 2. The van der Waals surface area contributed by atoms with Gasteiger partial charge in [-0.2, -0.15) is 0 Å². The first-order valence-corrected chi connectivity index (χ1v) is 10.1. The summed E-state index contributed by atoms with van der Waals surface area (Å²) in [5.41, 5.74) is 0. The van der Waals surface area contributed by atoms with Gasteiger partial charge in [-0.1, -0.05) is 0 Å². The Morgan fingerprint density at radius 2 is 1.31 bits per heavy atom. The molecule has 0 aliphatic heterocycles. The maximum absolute atomic E-state index is 11.7. The normalized spacial score (nSPS) is 11.6. The Bertz CT molecular complexity index is 415. The summed E-state index contributed by atoms with van der Waals surface area (Å²) in [7, 11) is -1.58. The van der Waals surface area contributed by atoms with Gasteiger partial charge < -0.3 is 29.9 Å². The molecule has 4 N–H and O–H groups in total. The summed E-state index contributed by atoms with van der Waals surface area (Å²) in [6.07, 6.45) is 2.29. The van der Waals surface area contributed by atoms with E-state index in [4.69, 9.17) is 19.3 Å². The highest BCUT2D eigenvalue weighted by Gasteiger charge is 2.23. The highest BCUT2D eigenvalue weighted by atomic mass is 31.2. The van der Waals surface area contributed by atoms with E-state index in [9.17, 15) is 14.2 Å². The molecule has 0 saturated heterocycles. The number of amides is 2. The molecule has 0 saturated carbocycles. The fourth-order valence-electron chi connectivity index (χ4n) is 2.04. The molecule has 0 aromatic heterocycles. The Labute approximate surface area is 154 Å². The summed E-state index contributed by atoms with van der Waals surface area (Å²) in [6.45, 7) is 0.900. The van der Waals surface area contributed by atoms with Crippen LogP contribution in [0.15, 0.2) is 0 Å². The van der Waals surface area contributed by atoms with Gasteiger partial charge in [-0.15, -0.1) is 0 Å². The van der Waals surface area contributed by atoms with Crippen LogP contribution in [0.3, 0.4) is 0 Å². The summed E-state index contributed by atoms with van der Waals surface area (Å²) < 4.78 is 25.4. The van der Waals surface area contributed by atoms with E-state index in [0.29, 0.717) is 26.1 Å². The largest absolute Gasteiger partial charge is 0.469 e. The summed E-state index contributed by atoms with van der Waals surface area (Å²) in [4.78, 5) is 41.3.